The minimum atomic E-state index is -2.45. The van der Waals surface area contributed by atoms with Gasteiger partial charge in [-0.1, -0.05) is 127 Å². The van der Waals surface area contributed by atoms with E-state index in [-0.39, 0.29) is 0 Å². The molecule has 0 amide bonds. The van der Waals surface area contributed by atoms with Crippen LogP contribution < -0.4 is 20.7 Å². The fourth-order valence-corrected chi connectivity index (χ4v) is 11.8. The molecule has 2 heterocycles. The lowest BCUT2D eigenvalue weighted by molar-refractivity contribution is 0.669. The molecule has 0 unspecified atom stereocenters. The Hall–Kier alpha value is -4.66. The van der Waals surface area contributed by atoms with Crippen molar-refractivity contribution in [1.29, 1.82) is 0 Å². The average molecular weight is 501 g/mol. The van der Waals surface area contributed by atoms with Crippen LogP contribution in [0.5, 0.6) is 0 Å². The zero-order valence-corrected chi connectivity index (χ0v) is 21.8. The van der Waals surface area contributed by atoms with E-state index in [0.717, 1.165) is 16.6 Å². The molecule has 0 radical (unpaired) electrons. The summed E-state index contributed by atoms with van der Waals surface area (Å²) in [4.78, 5) is 0. The molecule has 8 rings (SSSR count). The smallest absolute Gasteiger partial charge is 0.180 e. The monoisotopic (exact) mass is 500 g/mol. The van der Waals surface area contributed by atoms with E-state index in [9.17, 15) is 0 Å². The molecule has 0 saturated heterocycles. The molecular formula is C36H24OSi. The lowest BCUT2D eigenvalue weighted by atomic mass is 9.96. The van der Waals surface area contributed by atoms with Gasteiger partial charge < -0.3 is 4.42 Å². The van der Waals surface area contributed by atoms with Crippen LogP contribution in [-0.4, -0.2) is 8.07 Å². The van der Waals surface area contributed by atoms with Gasteiger partial charge in [-0.2, -0.15) is 0 Å². The van der Waals surface area contributed by atoms with E-state index in [1.807, 2.05) is 6.07 Å². The van der Waals surface area contributed by atoms with E-state index < -0.39 is 8.07 Å². The Morgan fingerprint density at radius 1 is 0.421 bits per heavy atom. The van der Waals surface area contributed by atoms with Gasteiger partial charge in [0, 0.05) is 10.8 Å². The minimum absolute atomic E-state index is 0.932. The average Bonchev–Trinajstić information content (AvgIpc) is 3.52. The standard InChI is InChI=1S/C36H24OSi/c1-3-12-26(13-4-1)38(27-14-5-2-6-15-27)34-21-10-8-16-29(34)31-24-25(22-23-35(31)38)28-18-11-20-33-36(28)30-17-7-9-19-32(30)37-33/h1-24H. The molecule has 38 heavy (non-hydrogen) atoms. The van der Waals surface area contributed by atoms with Crippen LogP contribution in [0.3, 0.4) is 0 Å². The van der Waals surface area contributed by atoms with Crippen LogP contribution >= 0.6 is 0 Å². The fraction of sp³-hybridized carbons (Fsp3) is 0. The summed E-state index contributed by atoms with van der Waals surface area (Å²) < 4.78 is 6.22. The van der Waals surface area contributed by atoms with Gasteiger partial charge in [-0.15, -0.1) is 0 Å². The first kappa shape index (κ1) is 21.4. The SMILES string of the molecule is c1ccc([Si]2(c3ccccc3)c3ccccc3-c3cc(-c4cccc5oc6ccccc6c45)ccc32)cc1. The van der Waals surface area contributed by atoms with E-state index in [0.29, 0.717) is 0 Å². The van der Waals surface area contributed by atoms with E-state index in [2.05, 4.69) is 140 Å². The first-order chi connectivity index (χ1) is 18.9. The predicted molar refractivity (Wildman–Crippen MR) is 162 cm³/mol. The molecule has 1 aliphatic heterocycles. The summed E-state index contributed by atoms with van der Waals surface area (Å²) in [6.45, 7) is 0. The van der Waals surface area contributed by atoms with Crippen LogP contribution in [0.25, 0.3) is 44.2 Å². The Labute approximate surface area is 222 Å². The maximum atomic E-state index is 6.22. The quantitative estimate of drug-likeness (QED) is 0.249. The van der Waals surface area contributed by atoms with Crippen molar-refractivity contribution < 1.29 is 4.42 Å². The molecule has 6 aromatic carbocycles. The van der Waals surface area contributed by atoms with Gasteiger partial charge in [0.05, 0.1) is 0 Å². The van der Waals surface area contributed by atoms with Gasteiger partial charge in [-0.05, 0) is 61.2 Å². The molecule has 0 N–H and O–H groups in total. The number of rotatable bonds is 3. The van der Waals surface area contributed by atoms with E-state index in [4.69, 9.17) is 4.42 Å². The zero-order chi connectivity index (χ0) is 25.1. The Balaban J connectivity index is 1.45. The molecule has 0 fully saturated rings. The molecule has 0 bridgehead atoms. The fourth-order valence-electron chi connectivity index (χ4n) is 6.63. The third kappa shape index (κ3) is 2.86. The highest BCUT2D eigenvalue weighted by atomic mass is 28.3. The van der Waals surface area contributed by atoms with Crippen molar-refractivity contribution in [2.45, 2.75) is 0 Å². The van der Waals surface area contributed by atoms with Crippen LogP contribution in [0.1, 0.15) is 0 Å². The maximum Gasteiger partial charge on any atom is 0.180 e. The number of fused-ring (bicyclic) bond motifs is 6. The Morgan fingerprint density at radius 3 is 1.82 bits per heavy atom. The molecule has 0 aliphatic carbocycles. The largest absolute Gasteiger partial charge is 0.456 e. The van der Waals surface area contributed by atoms with Crippen molar-refractivity contribution >= 4 is 50.8 Å². The van der Waals surface area contributed by atoms with Gasteiger partial charge >= 0.3 is 0 Å². The minimum Gasteiger partial charge on any atom is -0.456 e. The molecule has 1 nitrogen and oxygen atoms in total. The summed E-state index contributed by atoms with van der Waals surface area (Å²) in [7, 11) is -2.45. The van der Waals surface area contributed by atoms with Crippen LogP contribution in [0, 0.1) is 0 Å². The van der Waals surface area contributed by atoms with Crippen molar-refractivity contribution in [1.82, 2.24) is 0 Å². The van der Waals surface area contributed by atoms with Crippen molar-refractivity contribution in [2.24, 2.45) is 0 Å². The highest BCUT2D eigenvalue weighted by Crippen LogP contribution is 2.38. The van der Waals surface area contributed by atoms with Crippen molar-refractivity contribution in [3.05, 3.63) is 146 Å². The summed E-state index contributed by atoms with van der Waals surface area (Å²) in [5.74, 6) is 0. The molecule has 178 valence electrons. The number of hydrogen-bond acceptors (Lipinski definition) is 1. The first-order valence-corrected chi connectivity index (χ1v) is 15.1. The molecule has 2 heteroatoms. The molecule has 7 aromatic rings. The van der Waals surface area contributed by atoms with E-state index in [1.165, 1.54) is 48.4 Å². The Bertz CT molecular complexity index is 1930. The molecule has 0 spiro atoms. The topological polar surface area (TPSA) is 13.1 Å². The third-order valence-electron chi connectivity index (χ3n) is 8.17. The molecule has 0 saturated carbocycles. The normalized spacial score (nSPS) is 13.5. The van der Waals surface area contributed by atoms with Crippen LogP contribution in [0.15, 0.2) is 150 Å². The number of hydrogen-bond donors (Lipinski definition) is 0. The zero-order valence-electron chi connectivity index (χ0n) is 20.8. The van der Waals surface area contributed by atoms with Gasteiger partial charge in [0.25, 0.3) is 0 Å². The van der Waals surface area contributed by atoms with Gasteiger partial charge in [0.15, 0.2) is 8.07 Å². The van der Waals surface area contributed by atoms with Gasteiger partial charge in [0.2, 0.25) is 0 Å². The number of benzene rings is 6. The second-order valence-corrected chi connectivity index (χ2v) is 13.8. The molecule has 1 aliphatic rings. The summed E-state index contributed by atoms with van der Waals surface area (Å²) in [5, 5.41) is 8.13. The number of para-hydroxylation sites is 1. The summed E-state index contributed by atoms with van der Waals surface area (Å²) in [6.07, 6.45) is 0. The highest BCUT2D eigenvalue weighted by molar-refractivity contribution is 7.22. The van der Waals surface area contributed by atoms with Crippen LogP contribution in [0.2, 0.25) is 0 Å². The third-order valence-corrected chi connectivity index (χ3v) is 13.1. The van der Waals surface area contributed by atoms with E-state index >= 15 is 0 Å². The van der Waals surface area contributed by atoms with E-state index in [1.54, 1.807) is 0 Å². The highest BCUT2D eigenvalue weighted by Gasteiger charge is 2.48. The second-order valence-electron chi connectivity index (χ2n) is 10.1. The summed E-state index contributed by atoms with van der Waals surface area (Å²) in [5.41, 5.74) is 7.01. The van der Waals surface area contributed by atoms with Gasteiger partial charge in [-0.25, -0.2) is 0 Å². The van der Waals surface area contributed by atoms with Crippen molar-refractivity contribution in [3.8, 4) is 22.3 Å². The van der Waals surface area contributed by atoms with Crippen molar-refractivity contribution in [3.63, 3.8) is 0 Å². The summed E-state index contributed by atoms with van der Waals surface area (Å²) in [6, 6.07) is 53.3. The van der Waals surface area contributed by atoms with Crippen LogP contribution in [0.4, 0.5) is 0 Å². The molecule has 1 aromatic heterocycles. The van der Waals surface area contributed by atoms with Crippen molar-refractivity contribution in [2.75, 3.05) is 0 Å². The Morgan fingerprint density at radius 2 is 1.03 bits per heavy atom. The predicted octanol–water partition coefficient (Wildman–Crippen LogP) is 6.61. The Kier molecular flexibility index (Phi) is 4.61. The number of furan rings is 1. The van der Waals surface area contributed by atoms with Gasteiger partial charge in [0.1, 0.15) is 11.2 Å². The lowest BCUT2D eigenvalue weighted by Crippen LogP contribution is -2.72. The molecular weight excluding hydrogens is 476 g/mol. The maximum absolute atomic E-state index is 6.22. The van der Waals surface area contributed by atoms with Crippen LogP contribution in [-0.2, 0) is 0 Å². The first-order valence-electron chi connectivity index (χ1n) is 13.1. The lowest BCUT2D eigenvalue weighted by Gasteiger charge is -2.31. The molecule has 0 atom stereocenters. The second kappa shape index (κ2) is 8.17. The van der Waals surface area contributed by atoms with Gasteiger partial charge in [-0.3, -0.25) is 0 Å². The summed E-state index contributed by atoms with van der Waals surface area (Å²) >= 11 is 0.